The quantitative estimate of drug-likeness (QED) is 0.598. The van der Waals surface area contributed by atoms with Crippen molar-refractivity contribution in [3.8, 4) is 17.6 Å². The van der Waals surface area contributed by atoms with Gasteiger partial charge in [0.1, 0.15) is 16.5 Å². The van der Waals surface area contributed by atoms with Gasteiger partial charge in [-0.05, 0) is 24.3 Å². The SMILES string of the molecule is N#Cc1ccc(Oc2cccc(Cl)c2Cl)c2ccccc12. The van der Waals surface area contributed by atoms with Crippen LogP contribution >= 0.6 is 23.2 Å². The molecule has 102 valence electrons. The van der Waals surface area contributed by atoms with Crippen molar-refractivity contribution in [3.63, 3.8) is 0 Å². The van der Waals surface area contributed by atoms with E-state index >= 15 is 0 Å². The van der Waals surface area contributed by atoms with Gasteiger partial charge in [0.2, 0.25) is 0 Å². The molecule has 0 fully saturated rings. The van der Waals surface area contributed by atoms with Crippen molar-refractivity contribution in [2.24, 2.45) is 0 Å². The number of ether oxygens (including phenoxy) is 1. The molecule has 0 amide bonds. The number of benzene rings is 3. The fraction of sp³-hybridized carbons (Fsp3) is 0. The third-order valence-corrected chi connectivity index (χ3v) is 3.94. The Balaban J connectivity index is 2.14. The van der Waals surface area contributed by atoms with Gasteiger partial charge in [0, 0.05) is 10.8 Å². The van der Waals surface area contributed by atoms with Crippen LogP contribution in [0, 0.1) is 11.3 Å². The van der Waals surface area contributed by atoms with Crippen LogP contribution in [0.3, 0.4) is 0 Å². The number of hydrogen-bond acceptors (Lipinski definition) is 2. The Hall–Kier alpha value is -2.21. The van der Waals surface area contributed by atoms with E-state index in [1.807, 2.05) is 24.3 Å². The highest BCUT2D eigenvalue weighted by atomic mass is 35.5. The largest absolute Gasteiger partial charge is 0.455 e. The molecule has 0 saturated heterocycles. The summed E-state index contributed by atoms with van der Waals surface area (Å²) < 4.78 is 5.88. The topological polar surface area (TPSA) is 33.0 Å². The van der Waals surface area contributed by atoms with Crippen molar-refractivity contribution in [1.29, 1.82) is 5.26 Å². The molecule has 0 heterocycles. The summed E-state index contributed by atoms with van der Waals surface area (Å²) in [6, 6.07) is 18.5. The summed E-state index contributed by atoms with van der Waals surface area (Å²) in [5.74, 6) is 1.12. The number of halogens is 2. The zero-order chi connectivity index (χ0) is 14.8. The van der Waals surface area contributed by atoms with Crippen LogP contribution in [-0.4, -0.2) is 0 Å². The van der Waals surface area contributed by atoms with Crippen LogP contribution in [0.15, 0.2) is 54.6 Å². The molecule has 0 aromatic heterocycles. The molecule has 0 N–H and O–H groups in total. The molecule has 21 heavy (non-hydrogen) atoms. The van der Waals surface area contributed by atoms with Gasteiger partial charge in [-0.15, -0.1) is 0 Å². The van der Waals surface area contributed by atoms with Crippen LogP contribution in [0.4, 0.5) is 0 Å². The molecule has 0 spiro atoms. The molecule has 0 atom stereocenters. The number of nitrogens with zero attached hydrogens (tertiary/aromatic N) is 1. The first-order valence-corrected chi connectivity index (χ1v) is 7.00. The van der Waals surface area contributed by atoms with Gasteiger partial charge < -0.3 is 4.74 Å². The third-order valence-electron chi connectivity index (χ3n) is 3.14. The molecule has 0 bridgehead atoms. The zero-order valence-corrected chi connectivity index (χ0v) is 12.3. The van der Waals surface area contributed by atoms with Crippen LogP contribution in [0.25, 0.3) is 10.8 Å². The molecule has 3 aromatic rings. The maximum Gasteiger partial charge on any atom is 0.147 e. The van der Waals surface area contributed by atoms with Gasteiger partial charge in [0.25, 0.3) is 0 Å². The van der Waals surface area contributed by atoms with Gasteiger partial charge in [-0.1, -0.05) is 53.5 Å². The number of hydrogen-bond donors (Lipinski definition) is 0. The third kappa shape index (κ3) is 2.54. The molecule has 3 aromatic carbocycles. The summed E-state index contributed by atoms with van der Waals surface area (Å²) in [5, 5.41) is 11.7. The predicted molar refractivity (Wildman–Crippen MR) is 85.2 cm³/mol. The number of rotatable bonds is 2. The number of nitriles is 1. The highest BCUT2D eigenvalue weighted by molar-refractivity contribution is 6.42. The summed E-state index contributed by atoms with van der Waals surface area (Å²) in [6.07, 6.45) is 0. The van der Waals surface area contributed by atoms with Crippen molar-refractivity contribution in [2.45, 2.75) is 0 Å². The zero-order valence-electron chi connectivity index (χ0n) is 10.8. The summed E-state index contributed by atoms with van der Waals surface area (Å²) in [5.41, 5.74) is 0.607. The van der Waals surface area contributed by atoms with E-state index in [4.69, 9.17) is 33.2 Å². The molecule has 0 radical (unpaired) electrons. The normalized spacial score (nSPS) is 10.3. The minimum Gasteiger partial charge on any atom is -0.455 e. The molecule has 0 aliphatic heterocycles. The first kappa shape index (κ1) is 13.8. The first-order chi connectivity index (χ1) is 10.2. The summed E-state index contributed by atoms with van der Waals surface area (Å²) >= 11 is 12.1. The second-order valence-corrected chi connectivity index (χ2v) is 5.21. The van der Waals surface area contributed by atoms with Gasteiger partial charge in [0.15, 0.2) is 0 Å². The lowest BCUT2D eigenvalue weighted by molar-refractivity contribution is 0.488. The minimum absolute atomic E-state index is 0.368. The lowest BCUT2D eigenvalue weighted by Crippen LogP contribution is -1.89. The Morgan fingerprint density at radius 2 is 1.57 bits per heavy atom. The summed E-state index contributed by atoms with van der Waals surface area (Å²) in [6.45, 7) is 0. The van der Waals surface area contributed by atoms with Gasteiger partial charge >= 0.3 is 0 Å². The van der Waals surface area contributed by atoms with Crippen molar-refractivity contribution in [3.05, 3.63) is 70.2 Å². The average Bonchev–Trinajstić information content (AvgIpc) is 2.52. The second-order valence-electron chi connectivity index (χ2n) is 4.42. The molecule has 4 heteroatoms. The van der Waals surface area contributed by atoms with Gasteiger partial charge in [-0.25, -0.2) is 0 Å². The fourth-order valence-corrected chi connectivity index (χ4v) is 2.47. The average molecular weight is 314 g/mol. The smallest absolute Gasteiger partial charge is 0.147 e. The molecule has 0 aliphatic carbocycles. The molecule has 0 unspecified atom stereocenters. The Morgan fingerprint density at radius 1 is 0.810 bits per heavy atom. The second kappa shape index (κ2) is 5.65. The Labute approximate surface area is 132 Å². The van der Waals surface area contributed by atoms with Gasteiger partial charge in [0.05, 0.1) is 16.7 Å². The fourth-order valence-electron chi connectivity index (χ4n) is 2.14. The van der Waals surface area contributed by atoms with E-state index in [1.54, 1.807) is 30.3 Å². The molecule has 3 rings (SSSR count). The van der Waals surface area contributed by atoms with Crippen LogP contribution in [-0.2, 0) is 0 Å². The standard InChI is InChI=1S/C17H9Cl2NO/c18-14-6-3-7-16(17(14)19)21-15-9-8-11(10-20)12-4-1-2-5-13(12)15/h1-9H. The molecule has 0 saturated carbocycles. The Kier molecular flexibility index (Phi) is 3.70. The van der Waals surface area contributed by atoms with E-state index in [2.05, 4.69) is 6.07 Å². The summed E-state index contributed by atoms with van der Waals surface area (Å²) in [7, 11) is 0. The van der Waals surface area contributed by atoms with Crippen molar-refractivity contribution < 1.29 is 4.74 Å². The maximum atomic E-state index is 9.17. The van der Waals surface area contributed by atoms with E-state index < -0.39 is 0 Å². The predicted octanol–water partition coefficient (Wildman–Crippen LogP) is 5.81. The number of fused-ring (bicyclic) bond motifs is 1. The van der Waals surface area contributed by atoms with Crippen LogP contribution in [0.2, 0.25) is 10.0 Å². The first-order valence-electron chi connectivity index (χ1n) is 6.24. The van der Waals surface area contributed by atoms with Crippen molar-refractivity contribution in [2.75, 3.05) is 0 Å². The van der Waals surface area contributed by atoms with Crippen molar-refractivity contribution in [1.82, 2.24) is 0 Å². The van der Waals surface area contributed by atoms with Crippen LogP contribution in [0.5, 0.6) is 11.5 Å². The van der Waals surface area contributed by atoms with Crippen LogP contribution in [0.1, 0.15) is 5.56 Å². The Bertz CT molecular complexity index is 868. The van der Waals surface area contributed by atoms with E-state index in [0.29, 0.717) is 27.1 Å². The highest BCUT2D eigenvalue weighted by Crippen LogP contribution is 2.37. The van der Waals surface area contributed by atoms with E-state index in [0.717, 1.165) is 10.8 Å². The highest BCUT2D eigenvalue weighted by Gasteiger charge is 2.10. The monoisotopic (exact) mass is 313 g/mol. The lowest BCUT2D eigenvalue weighted by Gasteiger charge is -2.11. The van der Waals surface area contributed by atoms with E-state index in [-0.39, 0.29) is 0 Å². The lowest BCUT2D eigenvalue weighted by atomic mass is 10.0. The Morgan fingerprint density at radius 3 is 2.33 bits per heavy atom. The van der Waals surface area contributed by atoms with Gasteiger partial charge in [-0.2, -0.15) is 5.26 Å². The molecule has 2 nitrogen and oxygen atoms in total. The minimum atomic E-state index is 0.368. The van der Waals surface area contributed by atoms with Crippen molar-refractivity contribution >= 4 is 34.0 Å². The summed E-state index contributed by atoms with van der Waals surface area (Å²) in [4.78, 5) is 0. The molecular weight excluding hydrogens is 305 g/mol. The van der Waals surface area contributed by atoms with E-state index in [9.17, 15) is 0 Å². The van der Waals surface area contributed by atoms with Crippen LogP contribution < -0.4 is 4.74 Å². The molecular formula is C17H9Cl2NO. The van der Waals surface area contributed by atoms with E-state index in [1.165, 1.54) is 0 Å². The maximum absolute atomic E-state index is 9.17. The molecule has 0 aliphatic rings. The van der Waals surface area contributed by atoms with Gasteiger partial charge in [-0.3, -0.25) is 0 Å².